The lowest BCUT2D eigenvalue weighted by Crippen LogP contribution is -2.48. The molecule has 0 aromatic carbocycles. The highest BCUT2D eigenvalue weighted by Gasteiger charge is 2.50. The van der Waals surface area contributed by atoms with E-state index >= 15 is 0 Å². The maximum absolute atomic E-state index is 12.3. The van der Waals surface area contributed by atoms with Gasteiger partial charge in [0.15, 0.2) is 11.5 Å². The third-order valence-corrected chi connectivity index (χ3v) is 11.9. The number of nitrogens with zero attached hydrogens (tertiary/aromatic N) is 8. The summed E-state index contributed by atoms with van der Waals surface area (Å²) >= 11 is 8.28. The number of halogens is 1. The molecule has 5 aromatic rings. The number of piperidine rings is 1. The van der Waals surface area contributed by atoms with Crippen LogP contribution < -0.4 is 16.0 Å². The fourth-order valence-corrected chi connectivity index (χ4v) is 8.29. The average Bonchev–Trinajstić information content (AvgIpc) is 3.86. The molecule has 8 rings (SSSR count). The minimum Gasteiger partial charge on any atom is -0.384 e. The number of rotatable bonds is 8. The topological polar surface area (TPSA) is 161 Å². The third kappa shape index (κ3) is 6.10. The van der Waals surface area contributed by atoms with Crippen LogP contribution in [-0.4, -0.2) is 64.5 Å². The van der Waals surface area contributed by atoms with Gasteiger partial charge in [0.05, 0.1) is 23.1 Å². The molecule has 2 aliphatic carbocycles. The van der Waals surface area contributed by atoms with Crippen LogP contribution in [0, 0.1) is 11.3 Å². The second-order valence-electron chi connectivity index (χ2n) is 14.3. The van der Waals surface area contributed by atoms with Gasteiger partial charge in [0.2, 0.25) is 5.95 Å². The number of nitrogens with two attached hydrogens (primary N) is 1. The highest BCUT2D eigenvalue weighted by atomic mass is 35.5. The van der Waals surface area contributed by atoms with Crippen molar-refractivity contribution < 1.29 is 9.90 Å². The quantitative estimate of drug-likeness (QED) is 0.168. The van der Waals surface area contributed by atoms with Gasteiger partial charge in [-0.15, -0.1) is 0 Å². The van der Waals surface area contributed by atoms with Gasteiger partial charge in [-0.3, -0.25) is 9.36 Å². The molecule has 1 saturated heterocycles. The van der Waals surface area contributed by atoms with E-state index in [1.54, 1.807) is 38.6 Å². The lowest BCUT2D eigenvalue weighted by Gasteiger charge is -2.42. The third-order valence-electron chi connectivity index (χ3n) is 10.4. The number of aromatic nitrogens is 7. The summed E-state index contributed by atoms with van der Waals surface area (Å²) in [6, 6.07) is 9.55. The lowest BCUT2D eigenvalue weighted by molar-refractivity contribution is -0.120. The minimum atomic E-state index is -1.08. The zero-order valence-electron chi connectivity index (χ0n) is 28.2. The smallest absolute Gasteiger partial charge is 0.230 e. The molecular weight excluding hydrogens is 672 g/mol. The Labute approximate surface area is 299 Å². The molecule has 4 N–H and O–H groups in total. The number of aliphatic hydroxyl groups is 1. The number of carbonyl (C=O) groups is 1. The maximum atomic E-state index is 12.3. The van der Waals surface area contributed by atoms with Gasteiger partial charge in [0, 0.05) is 59.8 Å². The first kappa shape index (κ1) is 33.0. The van der Waals surface area contributed by atoms with Gasteiger partial charge < -0.3 is 21.1 Å². The largest absolute Gasteiger partial charge is 0.384 e. The van der Waals surface area contributed by atoms with Crippen molar-refractivity contribution in [2.24, 2.45) is 17.1 Å². The number of carbonyl (C=O) groups excluding carboxylic acids is 1. The summed E-state index contributed by atoms with van der Waals surface area (Å²) in [4.78, 5) is 43.5. The van der Waals surface area contributed by atoms with Crippen molar-refractivity contribution in [3.05, 3.63) is 71.5 Å². The Morgan fingerprint density at radius 1 is 1.04 bits per heavy atom. The van der Waals surface area contributed by atoms with E-state index in [2.05, 4.69) is 35.8 Å². The van der Waals surface area contributed by atoms with Crippen LogP contribution in [-0.2, 0) is 10.4 Å². The van der Waals surface area contributed by atoms with E-state index in [4.69, 9.17) is 32.3 Å². The summed E-state index contributed by atoms with van der Waals surface area (Å²) in [6.45, 7) is 7.01. The van der Waals surface area contributed by atoms with Gasteiger partial charge >= 0.3 is 0 Å². The Balaban J connectivity index is 0.994. The number of fused-ring (bicyclic) bond motifs is 1. The van der Waals surface area contributed by atoms with Crippen LogP contribution in [0.2, 0.25) is 5.02 Å². The van der Waals surface area contributed by atoms with Crippen molar-refractivity contribution in [2.75, 3.05) is 23.3 Å². The van der Waals surface area contributed by atoms with E-state index in [1.807, 2.05) is 31.2 Å². The average molecular weight is 711 g/mol. The lowest BCUT2D eigenvalue weighted by atomic mass is 9.73. The van der Waals surface area contributed by atoms with Crippen LogP contribution in [0.3, 0.4) is 0 Å². The van der Waals surface area contributed by atoms with Crippen LogP contribution in [0.25, 0.3) is 16.9 Å². The molecule has 1 aliphatic heterocycles. The second-order valence-corrected chi connectivity index (χ2v) is 15.8. The Hall–Kier alpha value is -4.17. The molecule has 1 spiro atoms. The molecule has 2 saturated carbocycles. The van der Waals surface area contributed by atoms with E-state index in [0.29, 0.717) is 51.3 Å². The van der Waals surface area contributed by atoms with Gasteiger partial charge in [0.25, 0.3) is 0 Å². The van der Waals surface area contributed by atoms with E-state index in [-0.39, 0.29) is 23.2 Å². The van der Waals surface area contributed by atoms with Crippen molar-refractivity contribution in [1.82, 2.24) is 34.5 Å². The summed E-state index contributed by atoms with van der Waals surface area (Å²) < 4.78 is 2.06. The molecule has 2 atom stereocenters. The minimum absolute atomic E-state index is 0.0658. The predicted molar refractivity (Wildman–Crippen MR) is 193 cm³/mol. The SMILES string of the molecule is C[C@@H]1C(=O)CC2(CCN(c3cnc(Sc4ccnc(Nc5ncc6cc(C7CC7)n(-c7cccc(C(C)(C)O)n7)c6n5)c4Cl)cn3)CC2)[C@H]1N. The number of pyridine rings is 2. The highest BCUT2D eigenvalue weighted by molar-refractivity contribution is 7.99. The molecule has 0 unspecified atom stereocenters. The summed E-state index contributed by atoms with van der Waals surface area (Å²) in [5, 5.41) is 15.9. The van der Waals surface area contributed by atoms with Crippen molar-refractivity contribution >= 4 is 57.8 Å². The molecule has 3 aliphatic rings. The normalized spacial score (nSPS) is 20.6. The Kier molecular flexibility index (Phi) is 8.28. The van der Waals surface area contributed by atoms with E-state index in [1.165, 1.54) is 11.8 Å². The molecule has 258 valence electrons. The van der Waals surface area contributed by atoms with Crippen LogP contribution in [0.1, 0.15) is 70.2 Å². The van der Waals surface area contributed by atoms with Gasteiger partial charge in [-0.25, -0.2) is 24.9 Å². The summed E-state index contributed by atoms with van der Waals surface area (Å²) in [5.41, 5.74) is 7.73. The van der Waals surface area contributed by atoms with E-state index < -0.39 is 5.60 Å². The number of Topliss-reactive ketones (excluding diaryl/α,β-unsaturated/α-hetero) is 1. The molecule has 6 heterocycles. The van der Waals surface area contributed by atoms with Crippen molar-refractivity contribution in [1.29, 1.82) is 0 Å². The molecule has 0 radical (unpaired) electrons. The van der Waals surface area contributed by atoms with Crippen molar-refractivity contribution in [2.45, 2.75) is 80.4 Å². The van der Waals surface area contributed by atoms with Gasteiger partial charge in [0.1, 0.15) is 28.0 Å². The number of anilines is 3. The molecule has 0 amide bonds. The van der Waals surface area contributed by atoms with Gasteiger partial charge in [-0.05, 0) is 75.1 Å². The van der Waals surface area contributed by atoms with Crippen molar-refractivity contribution in [3.63, 3.8) is 0 Å². The standard InChI is InChI=1S/C36H39ClN10O2S/c1-20-24(48)16-36(31(20)38)10-13-46(14-11-36)28-18-41-29(19-40-28)50-25-9-12-39-32(30(25)37)44-34-42-17-22-15-23(21-7-8-21)47(33(22)45-34)27-6-4-5-26(43-27)35(2,3)49/h4-6,9,12,15,17-21,31,49H,7-8,10-11,13-14,16,38H2,1-3H3,(H,39,42,44,45)/t20-,31+/m1/s1. The molecule has 12 nitrogen and oxygen atoms in total. The summed E-state index contributed by atoms with van der Waals surface area (Å²) in [7, 11) is 0. The zero-order chi connectivity index (χ0) is 34.8. The Bertz CT molecular complexity index is 2090. The van der Waals surface area contributed by atoms with E-state index in [0.717, 1.165) is 60.6 Å². The Morgan fingerprint density at radius 2 is 1.84 bits per heavy atom. The first-order valence-electron chi connectivity index (χ1n) is 17.0. The van der Waals surface area contributed by atoms with Crippen molar-refractivity contribution in [3.8, 4) is 5.82 Å². The number of hydrogen-bond acceptors (Lipinski definition) is 12. The van der Waals surface area contributed by atoms with Gasteiger partial charge in [-0.2, -0.15) is 4.98 Å². The molecule has 50 heavy (non-hydrogen) atoms. The predicted octanol–water partition coefficient (Wildman–Crippen LogP) is 6.18. The molecule has 5 aromatic heterocycles. The van der Waals surface area contributed by atoms with E-state index in [9.17, 15) is 9.90 Å². The summed E-state index contributed by atoms with van der Waals surface area (Å²) in [6.07, 6.45) is 11.6. The highest BCUT2D eigenvalue weighted by Crippen LogP contribution is 2.47. The first-order valence-corrected chi connectivity index (χ1v) is 18.2. The maximum Gasteiger partial charge on any atom is 0.230 e. The Morgan fingerprint density at radius 3 is 2.52 bits per heavy atom. The first-order chi connectivity index (χ1) is 24.0. The monoisotopic (exact) mass is 710 g/mol. The molecule has 0 bridgehead atoms. The molecule has 14 heteroatoms. The second kappa shape index (κ2) is 12.6. The zero-order valence-corrected chi connectivity index (χ0v) is 29.7. The van der Waals surface area contributed by atoms with Crippen LogP contribution in [0.4, 0.5) is 17.6 Å². The fourth-order valence-electron chi connectivity index (χ4n) is 7.26. The van der Waals surface area contributed by atoms with Crippen LogP contribution >= 0.6 is 23.4 Å². The number of nitrogens with one attached hydrogen (secondary N) is 1. The van der Waals surface area contributed by atoms with Crippen LogP contribution in [0.15, 0.2) is 65.0 Å². The fraction of sp³-hybridized carbons (Fsp3) is 0.417. The number of ketones is 1. The summed E-state index contributed by atoms with van der Waals surface area (Å²) in [5.74, 6) is 2.92. The van der Waals surface area contributed by atoms with Gasteiger partial charge in [-0.1, -0.05) is 36.4 Å². The molecular formula is C36H39ClN10O2S. The number of hydrogen-bond donors (Lipinski definition) is 3. The molecule has 3 fully saturated rings. The van der Waals surface area contributed by atoms with Crippen LogP contribution in [0.5, 0.6) is 0 Å².